The van der Waals surface area contributed by atoms with Gasteiger partial charge in [-0.3, -0.25) is 9.59 Å². The summed E-state index contributed by atoms with van der Waals surface area (Å²) in [5, 5.41) is 9.49. The van der Waals surface area contributed by atoms with Gasteiger partial charge >= 0.3 is 6.18 Å². The molecule has 0 unspecified atom stereocenters. The van der Waals surface area contributed by atoms with Gasteiger partial charge in [0.05, 0.1) is 11.8 Å². The van der Waals surface area contributed by atoms with E-state index in [1.807, 2.05) is 18.7 Å². The fourth-order valence-corrected chi connectivity index (χ4v) is 5.27. The predicted molar refractivity (Wildman–Crippen MR) is 152 cm³/mol. The third-order valence-corrected chi connectivity index (χ3v) is 8.00. The first-order chi connectivity index (χ1) is 19.1. The maximum Gasteiger partial charge on any atom is 0.416 e. The number of halogens is 3. The van der Waals surface area contributed by atoms with E-state index in [0.717, 1.165) is 50.2 Å². The molecule has 1 aromatic heterocycles. The Kier molecular flexibility index (Phi) is 7.99. The number of hydrogen-bond acceptors (Lipinski definition) is 7. The van der Waals surface area contributed by atoms with Crippen LogP contribution in [0.4, 0.5) is 35.4 Å². The summed E-state index contributed by atoms with van der Waals surface area (Å²) in [5.74, 6) is -1.00. The van der Waals surface area contributed by atoms with Crippen molar-refractivity contribution in [3.63, 3.8) is 0 Å². The molecule has 40 heavy (non-hydrogen) atoms. The minimum Gasteiger partial charge on any atom is -0.369 e. The first kappa shape index (κ1) is 27.9. The zero-order chi connectivity index (χ0) is 28.4. The van der Waals surface area contributed by atoms with Crippen LogP contribution in [0, 0.1) is 6.92 Å². The molecule has 1 saturated carbocycles. The Morgan fingerprint density at radius 1 is 1.02 bits per heavy atom. The summed E-state index contributed by atoms with van der Waals surface area (Å²) in [6.45, 7) is 7.38. The number of likely N-dealkylation sites (N-methyl/N-ethyl adjacent to an activating group) is 1. The zero-order valence-electron chi connectivity index (χ0n) is 22.3. The van der Waals surface area contributed by atoms with Crippen LogP contribution in [0.15, 0.2) is 42.6 Å². The van der Waals surface area contributed by atoms with Crippen LogP contribution >= 0.6 is 11.3 Å². The standard InChI is InChI=1S/C28H31F3N6O2S/c1-3-36-8-10-37(11-9-36)22-13-18(12-19(14-22)28(29,30)31)25(38)33-21-5-4-17(2)23(15-21)35-26(39)24-16-32-27(40-24)34-20-6-7-20/h4-5,12-16,20H,3,6-11H2,1-2H3,(H,32,34)(H,33,38)(H,35,39). The normalized spacial score (nSPS) is 16.1. The number of anilines is 4. The van der Waals surface area contributed by atoms with Crippen molar-refractivity contribution in [2.45, 2.75) is 38.9 Å². The molecular weight excluding hydrogens is 541 g/mol. The van der Waals surface area contributed by atoms with Crippen molar-refractivity contribution in [3.8, 4) is 0 Å². The molecule has 0 radical (unpaired) electrons. The summed E-state index contributed by atoms with van der Waals surface area (Å²) >= 11 is 1.26. The van der Waals surface area contributed by atoms with E-state index in [9.17, 15) is 22.8 Å². The Morgan fingerprint density at radius 2 is 1.77 bits per heavy atom. The number of nitrogens with one attached hydrogen (secondary N) is 3. The molecule has 212 valence electrons. The zero-order valence-corrected chi connectivity index (χ0v) is 23.1. The van der Waals surface area contributed by atoms with Crippen LogP contribution in [0.1, 0.15) is 50.9 Å². The average molecular weight is 573 g/mol. The molecule has 12 heteroatoms. The molecule has 3 aromatic rings. The second-order valence-corrected chi connectivity index (χ2v) is 11.1. The number of nitrogens with zero attached hydrogens (tertiary/aromatic N) is 3. The molecule has 2 heterocycles. The van der Waals surface area contributed by atoms with Crippen LogP contribution in [-0.2, 0) is 6.18 Å². The van der Waals surface area contributed by atoms with Crippen molar-refractivity contribution in [3.05, 3.63) is 64.2 Å². The summed E-state index contributed by atoms with van der Waals surface area (Å²) in [6, 6.07) is 8.85. The summed E-state index contributed by atoms with van der Waals surface area (Å²) in [5.41, 5.74) is 1.000. The van der Waals surface area contributed by atoms with Gasteiger partial charge in [0.2, 0.25) is 0 Å². The summed E-state index contributed by atoms with van der Waals surface area (Å²) in [4.78, 5) is 34.8. The van der Waals surface area contributed by atoms with Gasteiger partial charge in [-0.25, -0.2) is 4.98 Å². The second-order valence-electron chi connectivity index (χ2n) is 10.1. The molecule has 0 bridgehead atoms. The largest absolute Gasteiger partial charge is 0.416 e. The van der Waals surface area contributed by atoms with Gasteiger partial charge in [-0.2, -0.15) is 13.2 Å². The van der Waals surface area contributed by atoms with Crippen LogP contribution in [0.5, 0.6) is 0 Å². The fourth-order valence-electron chi connectivity index (χ4n) is 4.48. The van der Waals surface area contributed by atoms with E-state index < -0.39 is 17.6 Å². The summed E-state index contributed by atoms with van der Waals surface area (Å²) in [6.07, 6.45) is -0.894. The van der Waals surface area contributed by atoms with E-state index in [2.05, 4.69) is 25.8 Å². The van der Waals surface area contributed by atoms with E-state index in [4.69, 9.17) is 0 Å². The Balaban J connectivity index is 1.32. The number of aryl methyl sites for hydroxylation is 1. The van der Waals surface area contributed by atoms with Crippen LogP contribution in [0.3, 0.4) is 0 Å². The number of carbonyl (C=O) groups excluding carboxylic acids is 2. The molecule has 0 atom stereocenters. The number of benzene rings is 2. The molecule has 0 spiro atoms. The van der Waals surface area contributed by atoms with Crippen molar-refractivity contribution in [2.75, 3.05) is 53.6 Å². The topological polar surface area (TPSA) is 89.6 Å². The number of piperazine rings is 1. The molecule has 2 aromatic carbocycles. The molecule has 2 aliphatic rings. The molecule has 1 aliphatic carbocycles. The maximum atomic E-state index is 13.7. The van der Waals surface area contributed by atoms with Crippen LogP contribution in [0.2, 0.25) is 0 Å². The van der Waals surface area contributed by atoms with Crippen LogP contribution in [-0.4, -0.2) is 60.5 Å². The highest BCUT2D eigenvalue weighted by Crippen LogP contribution is 2.34. The molecule has 2 fully saturated rings. The predicted octanol–water partition coefficient (Wildman–Crippen LogP) is 5.69. The van der Waals surface area contributed by atoms with Gasteiger partial charge in [-0.1, -0.05) is 24.3 Å². The van der Waals surface area contributed by atoms with Crippen molar-refractivity contribution in [1.29, 1.82) is 0 Å². The molecule has 2 amide bonds. The van der Waals surface area contributed by atoms with Gasteiger partial charge in [-0.15, -0.1) is 0 Å². The number of rotatable bonds is 8. The van der Waals surface area contributed by atoms with Crippen molar-refractivity contribution >= 4 is 45.3 Å². The maximum absolute atomic E-state index is 13.7. The lowest BCUT2D eigenvalue weighted by Crippen LogP contribution is -2.46. The van der Waals surface area contributed by atoms with Gasteiger partial charge in [0.25, 0.3) is 11.8 Å². The molecule has 1 saturated heterocycles. The monoisotopic (exact) mass is 572 g/mol. The number of aromatic nitrogens is 1. The third-order valence-electron chi connectivity index (χ3n) is 7.07. The average Bonchev–Trinajstić information content (AvgIpc) is 3.63. The van der Waals surface area contributed by atoms with Crippen molar-refractivity contribution in [2.24, 2.45) is 0 Å². The molecule has 3 N–H and O–H groups in total. The highest BCUT2D eigenvalue weighted by molar-refractivity contribution is 7.17. The van der Waals surface area contributed by atoms with Crippen LogP contribution in [0.25, 0.3) is 0 Å². The Morgan fingerprint density at radius 3 is 2.45 bits per heavy atom. The minimum absolute atomic E-state index is 0.0886. The number of thiazole rings is 1. The first-order valence-electron chi connectivity index (χ1n) is 13.2. The fraction of sp³-hybridized carbons (Fsp3) is 0.393. The van der Waals surface area contributed by atoms with Crippen molar-refractivity contribution < 1.29 is 22.8 Å². The number of amides is 2. The van der Waals surface area contributed by atoms with Crippen molar-refractivity contribution in [1.82, 2.24) is 9.88 Å². The van der Waals surface area contributed by atoms with Gasteiger partial charge in [-0.05, 0) is 62.2 Å². The number of hydrogen-bond donors (Lipinski definition) is 3. The second kappa shape index (κ2) is 11.5. The molecular formula is C28H31F3N6O2S. The molecule has 5 rings (SSSR count). The van der Waals surface area contributed by atoms with E-state index in [0.29, 0.717) is 46.2 Å². The van der Waals surface area contributed by atoms with Gasteiger partial charge < -0.3 is 25.8 Å². The lowest BCUT2D eigenvalue weighted by atomic mass is 10.1. The minimum atomic E-state index is -4.59. The smallest absolute Gasteiger partial charge is 0.369 e. The third kappa shape index (κ3) is 6.73. The van der Waals surface area contributed by atoms with Crippen LogP contribution < -0.4 is 20.9 Å². The summed E-state index contributed by atoms with van der Waals surface area (Å²) in [7, 11) is 0. The van der Waals surface area contributed by atoms with E-state index in [-0.39, 0.29) is 11.5 Å². The van der Waals surface area contributed by atoms with Gasteiger partial charge in [0, 0.05) is 54.8 Å². The highest BCUT2D eigenvalue weighted by Gasteiger charge is 2.33. The first-order valence-corrected chi connectivity index (χ1v) is 14.1. The molecule has 8 nitrogen and oxygen atoms in total. The van der Waals surface area contributed by atoms with Gasteiger partial charge in [0.15, 0.2) is 5.13 Å². The van der Waals surface area contributed by atoms with E-state index >= 15 is 0 Å². The summed E-state index contributed by atoms with van der Waals surface area (Å²) < 4.78 is 41.2. The lowest BCUT2D eigenvalue weighted by Gasteiger charge is -2.36. The quantitative estimate of drug-likeness (QED) is 0.321. The van der Waals surface area contributed by atoms with E-state index in [1.54, 1.807) is 18.2 Å². The van der Waals surface area contributed by atoms with Gasteiger partial charge in [0.1, 0.15) is 4.88 Å². The lowest BCUT2D eigenvalue weighted by molar-refractivity contribution is -0.137. The Bertz CT molecular complexity index is 1400. The van der Waals surface area contributed by atoms with E-state index in [1.165, 1.54) is 23.6 Å². The Hall–Kier alpha value is -3.64. The molecule has 1 aliphatic heterocycles. The number of alkyl halides is 3. The number of carbonyl (C=O) groups is 2. The Labute approximate surface area is 234 Å². The SMILES string of the molecule is CCN1CCN(c2cc(C(=O)Nc3ccc(C)c(NC(=O)c4cnc(NC5CC5)s4)c3)cc(C(F)(F)F)c2)CC1. The highest BCUT2D eigenvalue weighted by atomic mass is 32.1.